The number of anilines is 1. The Morgan fingerprint density at radius 2 is 2.12 bits per heavy atom. The second kappa shape index (κ2) is 6.55. The molecule has 1 aliphatic heterocycles. The number of aromatic nitrogens is 2. The van der Waals surface area contributed by atoms with Crippen molar-refractivity contribution in [2.75, 3.05) is 18.0 Å². The van der Waals surface area contributed by atoms with E-state index in [4.69, 9.17) is 11.6 Å². The van der Waals surface area contributed by atoms with E-state index in [2.05, 4.69) is 20.2 Å². The normalized spacial score (nSPS) is 18.7. The minimum Gasteiger partial charge on any atom is -0.355 e. The van der Waals surface area contributed by atoms with Crippen molar-refractivity contribution in [2.45, 2.75) is 39.2 Å². The first-order valence-electron chi connectivity index (χ1n) is 8.31. The van der Waals surface area contributed by atoms with Gasteiger partial charge in [-0.2, -0.15) is 0 Å². The summed E-state index contributed by atoms with van der Waals surface area (Å²) in [4.78, 5) is 23.7. The smallest absolute Gasteiger partial charge is 0.225 e. The molecule has 3 rings (SSSR count). The van der Waals surface area contributed by atoms with Gasteiger partial charge in [-0.15, -0.1) is 0 Å². The number of hydrogen-bond acceptors (Lipinski definition) is 4. The number of fused-ring (bicyclic) bond motifs is 1. The summed E-state index contributed by atoms with van der Waals surface area (Å²) in [6.07, 6.45) is 3.65. The Kier molecular flexibility index (Phi) is 4.63. The molecule has 0 saturated carbocycles. The lowest BCUT2D eigenvalue weighted by molar-refractivity contribution is -0.126. The van der Waals surface area contributed by atoms with Crippen LogP contribution >= 0.6 is 11.6 Å². The Labute approximate surface area is 147 Å². The molecule has 0 aliphatic carbocycles. The highest BCUT2D eigenvalue weighted by molar-refractivity contribution is 6.31. The van der Waals surface area contributed by atoms with Crippen LogP contribution in [-0.4, -0.2) is 34.5 Å². The van der Waals surface area contributed by atoms with E-state index in [1.54, 1.807) is 6.20 Å². The van der Waals surface area contributed by atoms with Crippen molar-refractivity contribution in [3.05, 3.63) is 29.4 Å². The van der Waals surface area contributed by atoms with E-state index in [1.165, 1.54) is 0 Å². The van der Waals surface area contributed by atoms with Gasteiger partial charge in [-0.1, -0.05) is 11.6 Å². The first-order chi connectivity index (χ1) is 11.3. The molecule has 128 valence electrons. The Morgan fingerprint density at radius 1 is 1.33 bits per heavy atom. The van der Waals surface area contributed by atoms with E-state index in [0.717, 1.165) is 36.2 Å². The lowest BCUT2D eigenvalue weighted by Gasteiger charge is -2.34. The number of amides is 1. The van der Waals surface area contributed by atoms with Gasteiger partial charge in [0.1, 0.15) is 5.82 Å². The van der Waals surface area contributed by atoms with E-state index in [9.17, 15) is 4.79 Å². The molecule has 1 amide bonds. The molecular formula is C18H23ClN4O. The molecule has 1 aliphatic rings. The highest BCUT2D eigenvalue weighted by Gasteiger charge is 2.28. The van der Waals surface area contributed by atoms with Crippen LogP contribution in [0.3, 0.4) is 0 Å². The maximum Gasteiger partial charge on any atom is 0.225 e. The number of rotatable bonds is 2. The van der Waals surface area contributed by atoms with E-state index < -0.39 is 0 Å². The number of nitrogens with zero attached hydrogens (tertiary/aromatic N) is 3. The van der Waals surface area contributed by atoms with Crippen LogP contribution in [0.5, 0.6) is 0 Å². The maximum atomic E-state index is 12.5. The Balaban J connectivity index is 1.77. The topological polar surface area (TPSA) is 58.1 Å². The van der Waals surface area contributed by atoms with Crippen molar-refractivity contribution in [3.63, 3.8) is 0 Å². The van der Waals surface area contributed by atoms with Crippen LogP contribution in [0.4, 0.5) is 5.82 Å². The molecule has 0 spiro atoms. The van der Waals surface area contributed by atoms with E-state index in [-0.39, 0.29) is 17.4 Å². The van der Waals surface area contributed by atoms with Gasteiger partial charge in [0.2, 0.25) is 5.91 Å². The SMILES string of the molecule is CC(C)(C)NC(=O)C1CCCN(c2cnc3cc(Cl)ccc3n2)C1. The third kappa shape index (κ3) is 3.96. The van der Waals surface area contributed by atoms with E-state index in [1.807, 2.05) is 39.0 Å². The fourth-order valence-corrected chi connectivity index (χ4v) is 3.16. The van der Waals surface area contributed by atoms with Crippen LogP contribution in [0, 0.1) is 5.92 Å². The summed E-state index contributed by atoms with van der Waals surface area (Å²) in [6, 6.07) is 5.50. The first kappa shape index (κ1) is 17.0. The second-order valence-corrected chi connectivity index (χ2v) is 7.82. The molecule has 1 N–H and O–H groups in total. The fraction of sp³-hybridized carbons (Fsp3) is 0.500. The minimum absolute atomic E-state index is 0.0133. The van der Waals surface area contributed by atoms with Gasteiger partial charge in [-0.3, -0.25) is 9.78 Å². The maximum absolute atomic E-state index is 12.5. The lowest BCUT2D eigenvalue weighted by Crippen LogP contribution is -2.48. The number of nitrogens with one attached hydrogen (secondary N) is 1. The molecule has 0 radical (unpaired) electrons. The summed E-state index contributed by atoms with van der Waals surface area (Å²) in [5.41, 5.74) is 1.39. The molecule has 24 heavy (non-hydrogen) atoms. The monoisotopic (exact) mass is 346 g/mol. The molecule has 1 aromatic carbocycles. The summed E-state index contributed by atoms with van der Waals surface area (Å²) in [7, 11) is 0. The highest BCUT2D eigenvalue weighted by atomic mass is 35.5. The van der Waals surface area contributed by atoms with Crippen LogP contribution in [0.15, 0.2) is 24.4 Å². The lowest BCUT2D eigenvalue weighted by atomic mass is 9.95. The van der Waals surface area contributed by atoms with Crippen molar-refractivity contribution < 1.29 is 4.79 Å². The predicted molar refractivity (Wildman–Crippen MR) is 97.4 cm³/mol. The van der Waals surface area contributed by atoms with Crippen LogP contribution in [0.25, 0.3) is 11.0 Å². The molecular weight excluding hydrogens is 324 g/mol. The largest absolute Gasteiger partial charge is 0.355 e. The third-order valence-electron chi connectivity index (χ3n) is 4.11. The van der Waals surface area contributed by atoms with Gasteiger partial charge >= 0.3 is 0 Å². The van der Waals surface area contributed by atoms with Crippen molar-refractivity contribution in [2.24, 2.45) is 5.92 Å². The zero-order valence-electron chi connectivity index (χ0n) is 14.3. The van der Waals surface area contributed by atoms with E-state index in [0.29, 0.717) is 11.6 Å². The van der Waals surface area contributed by atoms with Crippen molar-refractivity contribution in [1.82, 2.24) is 15.3 Å². The van der Waals surface area contributed by atoms with Crippen LogP contribution in [0.2, 0.25) is 5.02 Å². The average Bonchev–Trinajstić information content (AvgIpc) is 2.53. The number of carbonyl (C=O) groups is 1. The molecule has 2 heterocycles. The van der Waals surface area contributed by atoms with Crippen molar-refractivity contribution in [3.8, 4) is 0 Å². The van der Waals surface area contributed by atoms with E-state index >= 15 is 0 Å². The number of carbonyl (C=O) groups excluding carboxylic acids is 1. The van der Waals surface area contributed by atoms with Gasteiger partial charge in [0.05, 0.1) is 23.1 Å². The van der Waals surface area contributed by atoms with Crippen molar-refractivity contribution in [1.29, 1.82) is 0 Å². The zero-order chi connectivity index (χ0) is 17.3. The summed E-state index contributed by atoms with van der Waals surface area (Å²) in [5, 5.41) is 3.73. The number of halogens is 1. The third-order valence-corrected chi connectivity index (χ3v) is 4.34. The molecule has 5 nitrogen and oxygen atoms in total. The molecule has 1 fully saturated rings. The van der Waals surface area contributed by atoms with Crippen LogP contribution in [0.1, 0.15) is 33.6 Å². The number of benzene rings is 1. The standard InChI is InChI=1S/C18H23ClN4O/c1-18(2,3)22-17(24)12-5-4-8-23(11-12)16-10-20-15-9-13(19)6-7-14(15)21-16/h6-7,9-10,12H,4-5,8,11H2,1-3H3,(H,22,24). The Morgan fingerprint density at radius 3 is 2.88 bits per heavy atom. The Bertz CT molecular complexity index is 756. The number of piperidine rings is 1. The van der Waals surface area contributed by atoms with Gasteiger partial charge < -0.3 is 10.2 Å². The van der Waals surface area contributed by atoms with Gasteiger partial charge in [0, 0.05) is 23.7 Å². The fourth-order valence-electron chi connectivity index (χ4n) is 3.00. The van der Waals surface area contributed by atoms with Gasteiger partial charge in [-0.25, -0.2) is 4.98 Å². The highest BCUT2D eigenvalue weighted by Crippen LogP contribution is 2.24. The first-order valence-corrected chi connectivity index (χ1v) is 8.69. The predicted octanol–water partition coefficient (Wildman–Crippen LogP) is 3.41. The summed E-state index contributed by atoms with van der Waals surface area (Å²) >= 11 is 5.99. The molecule has 2 aromatic rings. The average molecular weight is 347 g/mol. The quantitative estimate of drug-likeness (QED) is 0.905. The Hall–Kier alpha value is -1.88. The zero-order valence-corrected chi connectivity index (χ0v) is 15.1. The molecule has 1 aromatic heterocycles. The second-order valence-electron chi connectivity index (χ2n) is 7.39. The minimum atomic E-state index is -0.207. The van der Waals surface area contributed by atoms with Gasteiger partial charge in [-0.05, 0) is 51.8 Å². The number of hydrogen-bond donors (Lipinski definition) is 1. The summed E-state index contributed by atoms with van der Waals surface area (Å²) in [5.74, 6) is 0.923. The van der Waals surface area contributed by atoms with Crippen LogP contribution in [-0.2, 0) is 4.79 Å². The molecule has 0 bridgehead atoms. The molecule has 1 unspecified atom stereocenters. The summed E-state index contributed by atoms with van der Waals surface area (Å²) < 4.78 is 0. The summed E-state index contributed by atoms with van der Waals surface area (Å²) in [6.45, 7) is 7.59. The van der Waals surface area contributed by atoms with Crippen LogP contribution < -0.4 is 10.2 Å². The van der Waals surface area contributed by atoms with Gasteiger partial charge in [0.25, 0.3) is 0 Å². The van der Waals surface area contributed by atoms with Gasteiger partial charge in [0.15, 0.2) is 0 Å². The molecule has 6 heteroatoms. The molecule has 1 saturated heterocycles. The van der Waals surface area contributed by atoms with Crippen molar-refractivity contribution >= 4 is 34.4 Å². The molecule has 1 atom stereocenters.